The number of likely N-dealkylation sites (tertiary alicyclic amines) is 1. The molecule has 1 aliphatic rings. The summed E-state index contributed by atoms with van der Waals surface area (Å²) in [6.07, 6.45) is 8.35. The van der Waals surface area contributed by atoms with Crippen LogP contribution in [0.1, 0.15) is 36.0 Å². The predicted octanol–water partition coefficient (Wildman–Crippen LogP) is 3.10. The van der Waals surface area contributed by atoms with Crippen LogP contribution in [0.5, 0.6) is 0 Å². The molecule has 0 atom stereocenters. The van der Waals surface area contributed by atoms with Gasteiger partial charge in [0.2, 0.25) is 0 Å². The Bertz CT molecular complexity index is 607. The maximum absolute atomic E-state index is 12.5. The van der Waals surface area contributed by atoms with Crippen LogP contribution in [-0.2, 0) is 7.05 Å². The number of carbonyl (C=O) groups is 1. The lowest BCUT2D eigenvalue weighted by molar-refractivity contribution is 0.0761. The molecule has 0 radical (unpaired) electrons. The summed E-state index contributed by atoms with van der Waals surface area (Å²) in [4.78, 5) is 18.6. The molecule has 0 N–H and O–H groups in total. The van der Waals surface area contributed by atoms with Crippen molar-refractivity contribution in [1.29, 1.82) is 0 Å². The number of aryl methyl sites for hydroxylation is 1. The van der Waals surface area contributed by atoms with E-state index in [1.165, 1.54) is 12.8 Å². The van der Waals surface area contributed by atoms with Gasteiger partial charge in [-0.2, -0.15) is 0 Å². The van der Waals surface area contributed by atoms with Crippen LogP contribution < -0.4 is 0 Å². The topological polar surface area (TPSA) is 38.1 Å². The number of rotatable bonds is 2. The Hall–Kier alpha value is -2.10. The average Bonchev–Trinajstić information content (AvgIpc) is 2.78. The summed E-state index contributed by atoms with van der Waals surface area (Å²) in [5.74, 6) is 0.161. The lowest BCUT2D eigenvalue weighted by atomic mass is 10.1. The van der Waals surface area contributed by atoms with Crippen molar-refractivity contribution in [2.24, 2.45) is 7.05 Å². The van der Waals surface area contributed by atoms with Crippen LogP contribution in [0, 0.1) is 0 Å². The van der Waals surface area contributed by atoms with E-state index in [0.717, 1.165) is 42.8 Å². The number of benzene rings is 1. The van der Waals surface area contributed by atoms with Gasteiger partial charge in [-0.1, -0.05) is 25.0 Å². The van der Waals surface area contributed by atoms with Gasteiger partial charge in [0, 0.05) is 25.7 Å². The minimum atomic E-state index is 0.161. The first-order chi connectivity index (χ1) is 10.3. The summed E-state index contributed by atoms with van der Waals surface area (Å²) in [6.45, 7) is 1.78. The summed E-state index contributed by atoms with van der Waals surface area (Å²) < 4.78 is 1.98. The summed E-state index contributed by atoms with van der Waals surface area (Å²) >= 11 is 0. The zero-order valence-electron chi connectivity index (χ0n) is 12.5. The maximum atomic E-state index is 12.5. The maximum Gasteiger partial charge on any atom is 0.253 e. The number of carbonyl (C=O) groups excluding carboxylic acids is 1. The molecule has 4 heteroatoms. The highest BCUT2D eigenvalue weighted by molar-refractivity contribution is 5.94. The van der Waals surface area contributed by atoms with E-state index >= 15 is 0 Å². The van der Waals surface area contributed by atoms with Crippen LogP contribution in [0.2, 0.25) is 0 Å². The first-order valence-electron chi connectivity index (χ1n) is 7.62. The normalized spacial score (nSPS) is 15.8. The molecule has 110 valence electrons. The molecule has 0 unspecified atom stereocenters. The Labute approximate surface area is 125 Å². The third-order valence-corrected chi connectivity index (χ3v) is 4.14. The minimum absolute atomic E-state index is 0.161. The smallest absolute Gasteiger partial charge is 0.253 e. The summed E-state index contributed by atoms with van der Waals surface area (Å²) in [7, 11) is 1.97. The van der Waals surface area contributed by atoms with E-state index in [1.807, 2.05) is 47.0 Å². The Kier molecular flexibility index (Phi) is 4.04. The van der Waals surface area contributed by atoms with Crippen LogP contribution in [0.4, 0.5) is 0 Å². The minimum Gasteiger partial charge on any atom is -0.339 e. The largest absolute Gasteiger partial charge is 0.339 e. The third kappa shape index (κ3) is 2.99. The Morgan fingerprint density at radius 2 is 1.71 bits per heavy atom. The molecular formula is C17H21N3O. The van der Waals surface area contributed by atoms with Crippen LogP contribution in [-0.4, -0.2) is 33.4 Å². The highest BCUT2D eigenvalue weighted by atomic mass is 16.2. The van der Waals surface area contributed by atoms with Crippen molar-refractivity contribution in [3.63, 3.8) is 0 Å². The van der Waals surface area contributed by atoms with Gasteiger partial charge in [0.05, 0.1) is 18.2 Å². The Balaban J connectivity index is 1.77. The predicted molar refractivity (Wildman–Crippen MR) is 83.0 cm³/mol. The van der Waals surface area contributed by atoms with Gasteiger partial charge < -0.3 is 9.47 Å². The van der Waals surface area contributed by atoms with Crippen LogP contribution in [0.15, 0.2) is 36.8 Å². The lowest BCUT2D eigenvalue weighted by Gasteiger charge is -2.20. The SMILES string of the molecule is Cn1cncc1-c1ccc(C(=O)N2CCCCCC2)cc1. The fourth-order valence-corrected chi connectivity index (χ4v) is 2.88. The second kappa shape index (κ2) is 6.12. The molecule has 0 bridgehead atoms. The molecule has 1 amide bonds. The molecule has 1 aliphatic heterocycles. The monoisotopic (exact) mass is 283 g/mol. The van der Waals surface area contributed by atoms with Crippen LogP contribution >= 0.6 is 0 Å². The summed E-state index contributed by atoms with van der Waals surface area (Å²) in [6, 6.07) is 7.86. The third-order valence-electron chi connectivity index (χ3n) is 4.14. The zero-order chi connectivity index (χ0) is 14.7. The van der Waals surface area contributed by atoms with Crippen molar-refractivity contribution >= 4 is 5.91 Å². The molecule has 4 nitrogen and oxygen atoms in total. The molecule has 0 aliphatic carbocycles. The Morgan fingerprint density at radius 3 is 2.29 bits per heavy atom. The number of hydrogen-bond acceptors (Lipinski definition) is 2. The first kappa shape index (κ1) is 13.9. The second-order valence-electron chi connectivity index (χ2n) is 5.67. The molecule has 1 saturated heterocycles. The van der Waals surface area contributed by atoms with Crippen molar-refractivity contribution < 1.29 is 4.79 Å². The van der Waals surface area contributed by atoms with E-state index in [0.29, 0.717) is 0 Å². The van der Waals surface area contributed by atoms with Crippen LogP contribution in [0.3, 0.4) is 0 Å². The van der Waals surface area contributed by atoms with Crippen molar-refractivity contribution in [3.8, 4) is 11.3 Å². The number of hydrogen-bond donors (Lipinski definition) is 0. The van der Waals surface area contributed by atoms with E-state index in [2.05, 4.69) is 4.98 Å². The molecule has 0 saturated carbocycles. The van der Waals surface area contributed by atoms with E-state index < -0.39 is 0 Å². The van der Waals surface area contributed by atoms with Gasteiger partial charge in [-0.15, -0.1) is 0 Å². The molecule has 2 aromatic rings. The molecular weight excluding hydrogens is 262 g/mol. The molecule has 21 heavy (non-hydrogen) atoms. The first-order valence-corrected chi connectivity index (χ1v) is 7.62. The number of amides is 1. The quantitative estimate of drug-likeness (QED) is 0.849. The van der Waals surface area contributed by atoms with Gasteiger partial charge in [0.25, 0.3) is 5.91 Å². The van der Waals surface area contributed by atoms with Gasteiger partial charge in [0.1, 0.15) is 0 Å². The zero-order valence-corrected chi connectivity index (χ0v) is 12.5. The summed E-state index contributed by atoms with van der Waals surface area (Å²) in [5.41, 5.74) is 2.93. The van der Waals surface area contributed by atoms with E-state index in [-0.39, 0.29) is 5.91 Å². The fraction of sp³-hybridized carbons (Fsp3) is 0.412. The highest BCUT2D eigenvalue weighted by Gasteiger charge is 2.17. The number of imidazole rings is 1. The molecule has 1 aromatic heterocycles. The van der Waals surface area contributed by atoms with Gasteiger partial charge >= 0.3 is 0 Å². The van der Waals surface area contributed by atoms with Crippen LogP contribution in [0.25, 0.3) is 11.3 Å². The number of aromatic nitrogens is 2. The summed E-state index contributed by atoms with van der Waals surface area (Å²) in [5, 5.41) is 0. The Morgan fingerprint density at radius 1 is 1.05 bits per heavy atom. The molecule has 1 aromatic carbocycles. The fourth-order valence-electron chi connectivity index (χ4n) is 2.88. The molecule has 1 fully saturated rings. The second-order valence-corrected chi connectivity index (χ2v) is 5.67. The van der Waals surface area contributed by atoms with E-state index in [4.69, 9.17) is 0 Å². The standard InChI is InChI=1S/C17H21N3O/c1-19-13-18-12-16(19)14-6-8-15(9-7-14)17(21)20-10-4-2-3-5-11-20/h6-9,12-13H,2-5,10-11H2,1H3. The van der Waals surface area contributed by atoms with Crippen molar-refractivity contribution in [2.45, 2.75) is 25.7 Å². The van der Waals surface area contributed by atoms with Gasteiger partial charge in [-0.3, -0.25) is 4.79 Å². The molecule has 2 heterocycles. The highest BCUT2D eigenvalue weighted by Crippen LogP contribution is 2.20. The van der Waals surface area contributed by atoms with Crippen molar-refractivity contribution in [2.75, 3.05) is 13.1 Å². The van der Waals surface area contributed by atoms with Crippen molar-refractivity contribution in [1.82, 2.24) is 14.5 Å². The number of nitrogens with zero attached hydrogens (tertiary/aromatic N) is 3. The molecule has 3 rings (SSSR count). The lowest BCUT2D eigenvalue weighted by Crippen LogP contribution is -2.31. The van der Waals surface area contributed by atoms with Crippen molar-refractivity contribution in [3.05, 3.63) is 42.4 Å². The molecule has 0 spiro atoms. The van der Waals surface area contributed by atoms with Gasteiger partial charge in [-0.05, 0) is 30.5 Å². The van der Waals surface area contributed by atoms with Gasteiger partial charge in [0.15, 0.2) is 0 Å². The average molecular weight is 283 g/mol. The van der Waals surface area contributed by atoms with E-state index in [9.17, 15) is 4.79 Å². The van der Waals surface area contributed by atoms with Gasteiger partial charge in [-0.25, -0.2) is 4.98 Å². The van der Waals surface area contributed by atoms with E-state index in [1.54, 1.807) is 6.33 Å².